The Morgan fingerprint density at radius 2 is 1.78 bits per heavy atom. The molecule has 3 rings (SSSR count). The van der Waals surface area contributed by atoms with Gasteiger partial charge in [0.2, 0.25) is 15.9 Å². The third kappa shape index (κ3) is 4.78. The van der Waals surface area contributed by atoms with Crippen molar-refractivity contribution in [3.8, 4) is 0 Å². The Morgan fingerprint density at radius 1 is 1.15 bits per heavy atom. The third-order valence-electron chi connectivity index (χ3n) is 5.74. The molecule has 2 fully saturated rings. The van der Waals surface area contributed by atoms with Crippen LogP contribution in [-0.2, 0) is 20.6 Å². The van der Waals surface area contributed by atoms with E-state index in [-0.39, 0.29) is 24.1 Å². The Bertz CT molecular complexity index is 774. The Morgan fingerprint density at radius 3 is 2.41 bits per heavy atom. The van der Waals surface area contributed by atoms with Crippen LogP contribution in [0.4, 0.5) is 0 Å². The summed E-state index contributed by atoms with van der Waals surface area (Å²) < 4.78 is 27.3. The van der Waals surface area contributed by atoms with Crippen molar-refractivity contribution >= 4 is 39.1 Å². The Labute approximate surface area is 171 Å². The monoisotopic (exact) mass is 432 g/mol. The van der Waals surface area contributed by atoms with Crippen LogP contribution < -0.4 is 0 Å². The summed E-state index contributed by atoms with van der Waals surface area (Å²) in [5.41, 5.74) is 0.414. The predicted molar refractivity (Wildman–Crippen MR) is 108 cm³/mol. The molecular formula is C19H26Cl2N2O3S. The minimum Gasteiger partial charge on any atom is -0.342 e. The SMILES string of the molecule is CN(C(=O)C1CCCN(S(=O)(=O)Cc2c(Cl)cccc2Cl)C1)C1CCCC1. The van der Waals surface area contributed by atoms with Crippen LogP contribution in [0, 0.1) is 5.92 Å². The van der Waals surface area contributed by atoms with E-state index < -0.39 is 10.0 Å². The van der Waals surface area contributed by atoms with Gasteiger partial charge in [0.05, 0.1) is 11.7 Å². The maximum atomic E-state index is 12.9. The lowest BCUT2D eigenvalue weighted by Gasteiger charge is -2.35. The second kappa shape index (κ2) is 8.68. The second-order valence-corrected chi connectivity index (χ2v) is 10.3. The zero-order valence-corrected chi connectivity index (χ0v) is 17.9. The van der Waals surface area contributed by atoms with E-state index in [9.17, 15) is 13.2 Å². The van der Waals surface area contributed by atoms with Crippen LogP contribution in [0.2, 0.25) is 10.0 Å². The molecule has 1 aliphatic heterocycles. The van der Waals surface area contributed by atoms with Gasteiger partial charge in [-0.1, -0.05) is 42.1 Å². The molecule has 1 aromatic rings. The largest absolute Gasteiger partial charge is 0.342 e. The molecule has 1 saturated heterocycles. The summed E-state index contributed by atoms with van der Waals surface area (Å²) in [6.45, 7) is 0.668. The quantitative estimate of drug-likeness (QED) is 0.707. The number of sulfonamides is 1. The summed E-state index contributed by atoms with van der Waals surface area (Å²) >= 11 is 12.3. The molecule has 1 heterocycles. The molecule has 1 unspecified atom stereocenters. The summed E-state index contributed by atoms with van der Waals surface area (Å²) in [4.78, 5) is 14.7. The van der Waals surface area contributed by atoms with Gasteiger partial charge >= 0.3 is 0 Å². The second-order valence-electron chi connectivity index (χ2n) is 7.54. The first kappa shape index (κ1) is 20.9. The van der Waals surface area contributed by atoms with E-state index in [4.69, 9.17) is 23.2 Å². The molecule has 0 radical (unpaired) electrons. The fraction of sp³-hybridized carbons (Fsp3) is 0.632. The first-order chi connectivity index (χ1) is 12.8. The minimum atomic E-state index is -3.60. The van der Waals surface area contributed by atoms with Crippen LogP contribution in [0.5, 0.6) is 0 Å². The van der Waals surface area contributed by atoms with Crippen molar-refractivity contribution in [2.45, 2.75) is 50.3 Å². The van der Waals surface area contributed by atoms with Gasteiger partial charge in [-0.05, 0) is 37.8 Å². The van der Waals surface area contributed by atoms with Crippen molar-refractivity contribution in [2.24, 2.45) is 5.92 Å². The lowest BCUT2D eigenvalue weighted by Crippen LogP contribution is -2.48. The summed E-state index contributed by atoms with van der Waals surface area (Å²) in [5.74, 6) is -0.455. The van der Waals surface area contributed by atoms with Crippen LogP contribution >= 0.6 is 23.2 Å². The Hall–Kier alpha value is -0.820. The normalized spacial score (nSPS) is 22.1. The van der Waals surface area contributed by atoms with Crippen molar-refractivity contribution in [3.63, 3.8) is 0 Å². The maximum Gasteiger partial charge on any atom is 0.227 e. The van der Waals surface area contributed by atoms with Gasteiger partial charge in [-0.25, -0.2) is 12.7 Å². The standard InChI is InChI=1S/C19H26Cl2N2O3S/c1-22(15-7-2-3-8-15)19(24)14-6-5-11-23(12-14)27(25,26)13-16-17(20)9-4-10-18(16)21/h4,9-10,14-15H,2-3,5-8,11-13H2,1H3. The fourth-order valence-electron chi connectivity index (χ4n) is 4.10. The van der Waals surface area contributed by atoms with Crippen LogP contribution in [0.25, 0.3) is 0 Å². The van der Waals surface area contributed by atoms with Gasteiger partial charge < -0.3 is 4.90 Å². The number of nitrogens with zero attached hydrogens (tertiary/aromatic N) is 2. The molecule has 0 spiro atoms. The van der Waals surface area contributed by atoms with E-state index in [1.165, 1.54) is 4.31 Å². The first-order valence-electron chi connectivity index (χ1n) is 9.47. The highest BCUT2D eigenvalue weighted by molar-refractivity contribution is 7.88. The van der Waals surface area contributed by atoms with Crippen LogP contribution in [0.3, 0.4) is 0 Å². The van der Waals surface area contributed by atoms with Crippen molar-refractivity contribution in [1.29, 1.82) is 0 Å². The number of rotatable bonds is 5. The van der Waals surface area contributed by atoms with Gasteiger partial charge in [0, 0.05) is 41.8 Å². The molecule has 0 bridgehead atoms. The topological polar surface area (TPSA) is 57.7 Å². The van der Waals surface area contributed by atoms with Gasteiger partial charge in [-0.15, -0.1) is 0 Å². The van der Waals surface area contributed by atoms with E-state index in [1.54, 1.807) is 18.2 Å². The first-order valence-corrected chi connectivity index (χ1v) is 11.8. The number of hydrogen-bond donors (Lipinski definition) is 0. The molecule has 2 aliphatic rings. The molecule has 1 atom stereocenters. The summed E-state index contributed by atoms with van der Waals surface area (Å²) in [6, 6.07) is 5.26. The van der Waals surface area contributed by atoms with Crippen LogP contribution in [0.1, 0.15) is 44.1 Å². The molecule has 150 valence electrons. The molecular weight excluding hydrogens is 407 g/mol. The van der Waals surface area contributed by atoms with Crippen LogP contribution in [-0.4, -0.2) is 49.7 Å². The molecule has 27 heavy (non-hydrogen) atoms. The average Bonchev–Trinajstić information content (AvgIpc) is 3.18. The smallest absolute Gasteiger partial charge is 0.227 e. The number of halogens is 2. The molecule has 0 aromatic heterocycles. The van der Waals surface area contributed by atoms with Gasteiger partial charge in [-0.3, -0.25) is 4.79 Å². The third-order valence-corrected chi connectivity index (χ3v) is 8.22. The van der Waals surface area contributed by atoms with Crippen molar-refractivity contribution < 1.29 is 13.2 Å². The highest BCUT2D eigenvalue weighted by Gasteiger charge is 2.36. The van der Waals surface area contributed by atoms with Gasteiger partial charge in [0.1, 0.15) is 0 Å². The summed E-state index contributed by atoms with van der Waals surface area (Å²) in [6.07, 6.45) is 5.82. The number of carbonyl (C=O) groups excluding carboxylic acids is 1. The van der Waals surface area contributed by atoms with E-state index in [2.05, 4.69) is 0 Å². The van der Waals surface area contributed by atoms with Crippen molar-refractivity contribution in [3.05, 3.63) is 33.8 Å². The molecule has 1 aromatic carbocycles. The van der Waals surface area contributed by atoms with Gasteiger partial charge in [0.15, 0.2) is 0 Å². The van der Waals surface area contributed by atoms with Gasteiger partial charge in [0.25, 0.3) is 0 Å². The lowest BCUT2D eigenvalue weighted by atomic mass is 9.97. The van der Waals surface area contributed by atoms with Crippen molar-refractivity contribution in [1.82, 2.24) is 9.21 Å². The lowest BCUT2D eigenvalue weighted by molar-refractivity contribution is -0.137. The fourth-order valence-corrected chi connectivity index (χ4v) is 6.46. The number of hydrogen-bond acceptors (Lipinski definition) is 3. The predicted octanol–water partition coefficient (Wildman–Crippen LogP) is 3.94. The summed E-state index contributed by atoms with van der Waals surface area (Å²) in [7, 11) is -1.74. The molecule has 8 heteroatoms. The highest BCUT2D eigenvalue weighted by atomic mass is 35.5. The van der Waals surface area contributed by atoms with E-state index in [1.807, 2.05) is 11.9 Å². The maximum absolute atomic E-state index is 12.9. The summed E-state index contributed by atoms with van der Waals surface area (Å²) in [5, 5.41) is 0.688. The number of benzene rings is 1. The highest BCUT2D eigenvalue weighted by Crippen LogP contribution is 2.30. The van der Waals surface area contributed by atoms with E-state index >= 15 is 0 Å². The Balaban J connectivity index is 1.70. The molecule has 1 saturated carbocycles. The van der Waals surface area contributed by atoms with Gasteiger partial charge in [-0.2, -0.15) is 0 Å². The number of piperidine rings is 1. The number of carbonyl (C=O) groups is 1. The van der Waals surface area contributed by atoms with E-state index in [0.29, 0.717) is 34.6 Å². The number of amides is 1. The van der Waals surface area contributed by atoms with E-state index in [0.717, 1.165) is 32.1 Å². The van der Waals surface area contributed by atoms with Crippen molar-refractivity contribution in [2.75, 3.05) is 20.1 Å². The molecule has 0 N–H and O–H groups in total. The molecule has 5 nitrogen and oxygen atoms in total. The zero-order valence-electron chi connectivity index (χ0n) is 15.5. The average molecular weight is 433 g/mol. The zero-order chi connectivity index (χ0) is 19.6. The van der Waals surface area contributed by atoms with Crippen LogP contribution in [0.15, 0.2) is 18.2 Å². The molecule has 1 amide bonds. The Kier molecular flexibility index (Phi) is 6.72. The minimum absolute atomic E-state index is 0.0672. The molecule has 1 aliphatic carbocycles.